The van der Waals surface area contributed by atoms with E-state index in [0.29, 0.717) is 32.7 Å². The van der Waals surface area contributed by atoms with Crippen LogP contribution in [0.1, 0.15) is 12.0 Å². The normalized spacial score (nSPS) is 27.4. The average molecular weight is 317 g/mol. The van der Waals surface area contributed by atoms with Crippen molar-refractivity contribution in [2.75, 3.05) is 26.2 Å². The highest BCUT2D eigenvalue weighted by Crippen LogP contribution is 2.20. The Morgan fingerprint density at radius 2 is 2.09 bits per heavy atom. The molecular weight excluding hydrogens is 294 g/mol. The van der Waals surface area contributed by atoms with Crippen LogP contribution in [0.3, 0.4) is 0 Å². The van der Waals surface area contributed by atoms with E-state index in [1.54, 1.807) is 4.90 Å². The number of carbonyl (C=O) groups is 2. The van der Waals surface area contributed by atoms with Gasteiger partial charge in [0.25, 0.3) is 0 Å². The van der Waals surface area contributed by atoms with Gasteiger partial charge in [0.05, 0.1) is 12.0 Å². The second-order valence-electron chi connectivity index (χ2n) is 6.39. The minimum atomic E-state index is -0.407. The van der Waals surface area contributed by atoms with Crippen molar-refractivity contribution in [3.63, 3.8) is 0 Å². The van der Waals surface area contributed by atoms with Crippen molar-refractivity contribution in [1.82, 2.24) is 15.5 Å². The zero-order valence-corrected chi connectivity index (χ0v) is 13.1. The minimum Gasteiger partial charge on any atom is -0.391 e. The minimum absolute atomic E-state index is 0.0246. The number of carbonyl (C=O) groups excluding carboxylic acids is 2. The third-order valence-electron chi connectivity index (χ3n) is 4.64. The predicted molar refractivity (Wildman–Crippen MR) is 85.3 cm³/mol. The van der Waals surface area contributed by atoms with Crippen molar-refractivity contribution < 1.29 is 14.7 Å². The van der Waals surface area contributed by atoms with Gasteiger partial charge in [-0.15, -0.1) is 0 Å². The maximum absolute atomic E-state index is 12.3. The maximum atomic E-state index is 12.3. The molecule has 3 atom stereocenters. The first-order chi connectivity index (χ1) is 11.1. The number of rotatable bonds is 5. The van der Waals surface area contributed by atoms with E-state index in [4.69, 9.17) is 0 Å². The number of hydrogen-bond acceptors (Lipinski definition) is 4. The van der Waals surface area contributed by atoms with E-state index < -0.39 is 6.10 Å². The van der Waals surface area contributed by atoms with E-state index in [9.17, 15) is 14.7 Å². The van der Waals surface area contributed by atoms with Crippen LogP contribution in [0.2, 0.25) is 0 Å². The van der Waals surface area contributed by atoms with Gasteiger partial charge in [0.15, 0.2) is 0 Å². The Labute approximate surface area is 135 Å². The smallest absolute Gasteiger partial charge is 0.225 e. The highest BCUT2D eigenvalue weighted by atomic mass is 16.3. The topological polar surface area (TPSA) is 81.7 Å². The molecule has 2 amide bonds. The molecule has 1 aromatic carbocycles. The summed E-state index contributed by atoms with van der Waals surface area (Å²) < 4.78 is 0. The first-order valence-electron chi connectivity index (χ1n) is 8.11. The molecule has 1 aromatic rings. The van der Waals surface area contributed by atoms with E-state index in [1.807, 2.05) is 30.3 Å². The number of amides is 2. The van der Waals surface area contributed by atoms with Gasteiger partial charge in [0, 0.05) is 45.1 Å². The summed E-state index contributed by atoms with van der Waals surface area (Å²) in [7, 11) is 0. The molecule has 2 saturated heterocycles. The third kappa shape index (κ3) is 3.89. The molecule has 0 aromatic heterocycles. The van der Waals surface area contributed by atoms with Gasteiger partial charge in [0.1, 0.15) is 0 Å². The molecule has 0 spiro atoms. The number of likely N-dealkylation sites (tertiary alicyclic amines) is 1. The number of aliphatic hydroxyl groups is 1. The standard InChI is InChI=1S/C17H23N3O3/c21-15-9-18-7-14(15)8-19-17(23)13-6-16(22)20(11-13)10-12-4-2-1-3-5-12/h1-5,13-15,18,21H,6-11H2,(H,19,23). The molecule has 124 valence electrons. The maximum Gasteiger partial charge on any atom is 0.225 e. The van der Waals surface area contributed by atoms with Crippen LogP contribution < -0.4 is 10.6 Å². The lowest BCUT2D eigenvalue weighted by Crippen LogP contribution is -2.38. The van der Waals surface area contributed by atoms with Gasteiger partial charge < -0.3 is 20.6 Å². The highest BCUT2D eigenvalue weighted by molar-refractivity contribution is 5.89. The SMILES string of the molecule is O=C(NCC1CNCC1O)C1CC(=O)N(Cc2ccccc2)C1. The largest absolute Gasteiger partial charge is 0.391 e. The Hall–Kier alpha value is -1.92. The number of β-amino-alcohol motifs (C(OH)–C–C–N with tert-alkyl or cyclic N) is 1. The summed E-state index contributed by atoms with van der Waals surface area (Å²) in [4.78, 5) is 26.1. The lowest BCUT2D eigenvalue weighted by atomic mass is 10.0. The lowest BCUT2D eigenvalue weighted by Gasteiger charge is -2.18. The van der Waals surface area contributed by atoms with Crippen LogP contribution in [0.25, 0.3) is 0 Å². The van der Waals surface area contributed by atoms with Crippen LogP contribution in [0.5, 0.6) is 0 Å². The average Bonchev–Trinajstić information content (AvgIpc) is 3.12. The summed E-state index contributed by atoms with van der Waals surface area (Å²) in [6, 6.07) is 9.80. The second kappa shape index (κ2) is 7.10. The lowest BCUT2D eigenvalue weighted by molar-refractivity contribution is -0.129. The zero-order valence-electron chi connectivity index (χ0n) is 13.1. The summed E-state index contributed by atoms with van der Waals surface area (Å²) in [5, 5.41) is 15.7. The number of hydrogen-bond donors (Lipinski definition) is 3. The first kappa shape index (κ1) is 16.0. The predicted octanol–water partition coefficient (Wildman–Crippen LogP) is -0.268. The Kier molecular flexibility index (Phi) is 4.93. The second-order valence-corrected chi connectivity index (χ2v) is 6.39. The Morgan fingerprint density at radius 1 is 1.30 bits per heavy atom. The summed E-state index contributed by atoms with van der Waals surface area (Å²) in [6.07, 6.45) is -0.139. The molecule has 2 fully saturated rings. The molecule has 23 heavy (non-hydrogen) atoms. The molecule has 2 heterocycles. The van der Waals surface area contributed by atoms with Crippen LogP contribution >= 0.6 is 0 Å². The van der Waals surface area contributed by atoms with Crippen LogP contribution in [-0.2, 0) is 16.1 Å². The summed E-state index contributed by atoms with van der Waals surface area (Å²) in [5.41, 5.74) is 1.07. The van der Waals surface area contributed by atoms with Crippen LogP contribution in [0, 0.1) is 11.8 Å². The van der Waals surface area contributed by atoms with Crippen molar-refractivity contribution in [3.05, 3.63) is 35.9 Å². The van der Waals surface area contributed by atoms with Crippen LogP contribution in [-0.4, -0.2) is 54.1 Å². The molecule has 6 nitrogen and oxygen atoms in total. The van der Waals surface area contributed by atoms with Crippen LogP contribution in [0.15, 0.2) is 30.3 Å². The molecule has 3 N–H and O–H groups in total. The molecule has 0 radical (unpaired) electrons. The Morgan fingerprint density at radius 3 is 2.78 bits per heavy atom. The molecule has 0 bridgehead atoms. The Bertz CT molecular complexity index is 563. The molecule has 3 unspecified atom stereocenters. The van der Waals surface area contributed by atoms with E-state index >= 15 is 0 Å². The van der Waals surface area contributed by atoms with Gasteiger partial charge in [-0.25, -0.2) is 0 Å². The number of nitrogens with one attached hydrogen (secondary N) is 2. The molecule has 0 aliphatic carbocycles. The van der Waals surface area contributed by atoms with Crippen LogP contribution in [0.4, 0.5) is 0 Å². The number of benzene rings is 1. The van der Waals surface area contributed by atoms with E-state index in [0.717, 1.165) is 5.56 Å². The van der Waals surface area contributed by atoms with Gasteiger partial charge in [-0.05, 0) is 5.56 Å². The van der Waals surface area contributed by atoms with E-state index in [1.165, 1.54) is 0 Å². The monoisotopic (exact) mass is 317 g/mol. The summed E-state index contributed by atoms with van der Waals surface area (Å²) in [6.45, 7) is 2.76. The quantitative estimate of drug-likeness (QED) is 0.698. The zero-order chi connectivity index (χ0) is 16.2. The van der Waals surface area contributed by atoms with Gasteiger partial charge >= 0.3 is 0 Å². The molecule has 2 aliphatic rings. The van der Waals surface area contributed by atoms with Gasteiger partial charge in [-0.1, -0.05) is 30.3 Å². The summed E-state index contributed by atoms with van der Waals surface area (Å²) in [5.74, 6) is -0.307. The van der Waals surface area contributed by atoms with Gasteiger partial charge in [0.2, 0.25) is 11.8 Å². The van der Waals surface area contributed by atoms with Crippen molar-refractivity contribution in [3.8, 4) is 0 Å². The van der Waals surface area contributed by atoms with Gasteiger partial charge in [-0.2, -0.15) is 0 Å². The molecule has 2 aliphatic heterocycles. The third-order valence-corrected chi connectivity index (χ3v) is 4.64. The highest BCUT2D eigenvalue weighted by Gasteiger charge is 2.35. The molecule has 0 saturated carbocycles. The first-order valence-corrected chi connectivity index (χ1v) is 8.11. The van der Waals surface area contributed by atoms with Crippen molar-refractivity contribution >= 4 is 11.8 Å². The van der Waals surface area contributed by atoms with Crippen molar-refractivity contribution in [1.29, 1.82) is 0 Å². The van der Waals surface area contributed by atoms with E-state index in [-0.39, 0.29) is 30.1 Å². The van der Waals surface area contributed by atoms with E-state index in [2.05, 4.69) is 10.6 Å². The fraction of sp³-hybridized carbons (Fsp3) is 0.529. The van der Waals surface area contributed by atoms with Gasteiger partial charge in [-0.3, -0.25) is 9.59 Å². The Balaban J connectivity index is 1.49. The number of nitrogens with zero attached hydrogens (tertiary/aromatic N) is 1. The summed E-state index contributed by atoms with van der Waals surface area (Å²) >= 11 is 0. The fourth-order valence-corrected chi connectivity index (χ4v) is 3.21. The number of aliphatic hydroxyl groups excluding tert-OH is 1. The van der Waals surface area contributed by atoms with Crippen molar-refractivity contribution in [2.45, 2.75) is 19.1 Å². The molecular formula is C17H23N3O3. The van der Waals surface area contributed by atoms with Crippen molar-refractivity contribution in [2.24, 2.45) is 11.8 Å². The molecule has 3 rings (SSSR count). The fourth-order valence-electron chi connectivity index (χ4n) is 3.21. The molecule has 6 heteroatoms.